The van der Waals surface area contributed by atoms with Gasteiger partial charge in [-0.05, 0) is 55.4 Å². The monoisotopic (exact) mass is 416 g/mol. The van der Waals surface area contributed by atoms with E-state index in [0.717, 1.165) is 27.9 Å². The number of para-hydroxylation sites is 1. The molecule has 0 saturated carbocycles. The number of benzene rings is 2. The Morgan fingerprint density at radius 1 is 1.33 bits per heavy atom. The number of esters is 1. The Labute approximate surface area is 171 Å². The highest BCUT2D eigenvalue weighted by atomic mass is 35.5. The van der Waals surface area contributed by atoms with Gasteiger partial charge >= 0.3 is 5.97 Å². The van der Waals surface area contributed by atoms with Crippen molar-refractivity contribution in [2.24, 2.45) is 0 Å². The third-order valence-electron chi connectivity index (χ3n) is 4.68. The minimum absolute atomic E-state index is 0.299. The fraction of sp³-hybridized carbons (Fsp3) is 0.200. The number of thiophene rings is 1. The van der Waals surface area contributed by atoms with Crippen molar-refractivity contribution in [1.29, 1.82) is 0 Å². The molecule has 3 aromatic rings. The molecule has 27 heavy (non-hydrogen) atoms. The van der Waals surface area contributed by atoms with Gasteiger partial charge in [-0.15, -0.1) is 11.3 Å². The van der Waals surface area contributed by atoms with Gasteiger partial charge in [-0.2, -0.15) is 0 Å². The normalized spacial score (nSPS) is 15.7. The SMILES string of the molecule is COC(=O)c1sc2cc(NC(=S)N3c4ccccc4CC3C)ccc2c1Cl. The highest BCUT2D eigenvalue weighted by Crippen LogP contribution is 2.37. The van der Waals surface area contributed by atoms with Crippen LogP contribution in [0.5, 0.6) is 0 Å². The second kappa shape index (κ2) is 7.11. The summed E-state index contributed by atoms with van der Waals surface area (Å²) >= 11 is 13.3. The van der Waals surface area contributed by atoms with E-state index in [1.165, 1.54) is 24.0 Å². The first kappa shape index (κ1) is 18.2. The zero-order valence-electron chi connectivity index (χ0n) is 14.8. The Morgan fingerprint density at radius 2 is 2.11 bits per heavy atom. The number of thiocarbonyl (C=S) groups is 1. The van der Waals surface area contributed by atoms with E-state index in [1.54, 1.807) is 0 Å². The van der Waals surface area contributed by atoms with Gasteiger partial charge in [0.25, 0.3) is 0 Å². The summed E-state index contributed by atoms with van der Waals surface area (Å²) in [5.41, 5.74) is 3.31. The first-order chi connectivity index (χ1) is 13.0. The van der Waals surface area contributed by atoms with Gasteiger partial charge in [0.15, 0.2) is 5.11 Å². The summed E-state index contributed by atoms with van der Waals surface area (Å²) in [5, 5.41) is 5.24. The standard InChI is InChI=1S/C20H17ClN2O2S2/c1-11-9-12-5-3-4-6-15(12)23(11)20(26)22-13-7-8-14-16(10-13)27-18(17(14)21)19(24)25-2/h3-8,10-11H,9H2,1-2H3,(H,22,26). The van der Waals surface area contributed by atoms with Gasteiger partial charge in [0, 0.05) is 27.5 Å². The van der Waals surface area contributed by atoms with Gasteiger partial charge in [-0.3, -0.25) is 0 Å². The molecule has 0 saturated heterocycles. The average molecular weight is 417 g/mol. The van der Waals surface area contributed by atoms with Crippen molar-refractivity contribution in [2.75, 3.05) is 17.3 Å². The number of anilines is 2. The third kappa shape index (κ3) is 3.18. The predicted molar refractivity (Wildman–Crippen MR) is 116 cm³/mol. The van der Waals surface area contributed by atoms with Crippen LogP contribution in [0.15, 0.2) is 42.5 Å². The molecule has 1 aliphatic heterocycles. The van der Waals surface area contributed by atoms with Crippen LogP contribution in [0.25, 0.3) is 10.1 Å². The Morgan fingerprint density at radius 3 is 2.89 bits per heavy atom. The third-order valence-corrected chi connectivity index (χ3v) is 6.61. The van der Waals surface area contributed by atoms with E-state index in [2.05, 4.69) is 35.3 Å². The molecule has 0 bridgehead atoms. The maximum absolute atomic E-state index is 11.9. The van der Waals surface area contributed by atoms with Crippen molar-refractivity contribution in [1.82, 2.24) is 0 Å². The molecule has 0 fully saturated rings. The molecule has 0 spiro atoms. The molecule has 1 aromatic heterocycles. The minimum atomic E-state index is -0.422. The molecule has 1 unspecified atom stereocenters. The first-order valence-corrected chi connectivity index (χ1v) is 10.1. The number of hydrogen-bond acceptors (Lipinski definition) is 4. The number of methoxy groups -OCH3 is 1. The van der Waals surface area contributed by atoms with Crippen LogP contribution in [0.2, 0.25) is 5.02 Å². The zero-order chi connectivity index (χ0) is 19.1. The lowest BCUT2D eigenvalue weighted by Gasteiger charge is -2.26. The van der Waals surface area contributed by atoms with Crippen molar-refractivity contribution in [2.45, 2.75) is 19.4 Å². The number of nitrogens with zero attached hydrogens (tertiary/aromatic N) is 1. The van der Waals surface area contributed by atoms with Crippen LogP contribution in [0, 0.1) is 0 Å². The van der Waals surface area contributed by atoms with Crippen molar-refractivity contribution in [3.8, 4) is 0 Å². The smallest absolute Gasteiger partial charge is 0.349 e. The first-order valence-electron chi connectivity index (χ1n) is 8.48. The number of nitrogens with one attached hydrogen (secondary N) is 1. The Balaban J connectivity index is 1.62. The van der Waals surface area contributed by atoms with Crippen LogP contribution in [0.4, 0.5) is 11.4 Å². The summed E-state index contributed by atoms with van der Waals surface area (Å²) in [6.45, 7) is 2.17. The molecule has 138 valence electrons. The molecule has 4 nitrogen and oxygen atoms in total. The van der Waals surface area contributed by atoms with Gasteiger partial charge in [-0.25, -0.2) is 4.79 Å². The second-order valence-corrected chi connectivity index (χ2v) is 8.25. The Kier molecular flexibility index (Phi) is 4.80. The van der Waals surface area contributed by atoms with E-state index in [0.29, 0.717) is 21.1 Å². The van der Waals surface area contributed by atoms with Crippen LogP contribution in [0.1, 0.15) is 22.2 Å². The minimum Gasteiger partial charge on any atom is -0.465 e. The lowest BCUT2D eigenvalue weighted by Crippen LogP contribution is -2.38. The van der Waals surface area contributed by atoms with Gasteiger partial charge in [0.1, 0.15) is 4.88 Å². The van der Waals surface area contributed by atoms with E-state index in [-0.39, 0.29) is 0 Å². The molecule has 1 aliphatic rings. The fourth-order valence-corrected chi connectivity index (χ4v) is 5.29. The molecular formula is C20H17ClN2O2S2. The molecule has 0 amide bonds. The lowest BCUT2D eigenvalue weighted by atomic mass is 10.1. The van der Waals surface area contributed by atoms with E-state index < -0.39 is 5.97 Å². The summed E-state index contributed by atoms with van der Waals surface area (Å²) < 4.78 is 5.70. The maximum Gasteiger partial charge on any atom is 0.349 e. The quantitative estimate of drug-likeness (QED) is 0.442. The molecular weight excluding hydrogens is 400 g/mol. The number of fused-ring (bicyclic) bond motifs is 2. The summed E-state index contributed by atoms with van der Waals surface area (Å²) in [7, 11) is 1.35. The molecule has 1 atom stereocenters. The average Bonchev–Trinajstić information content (AvgIpc) is 3.17. The topological polar surface area (TPSA) is 41.6 Å². The van der Waals surface area contributed by atoms with Gasteiger partial charge in [-0.1, -0.05) is 29.8 Å². The number of ether oxygens (including phenoxy) is 1. The number of carbonyl (C=O) groups is 1. The molecule has 2 heterocycles. The lowest BCUT2D eigenvalue weighted by molar-refractivity contribution is 0.0606. The predicted octanol–water partition coefficient (Wildman–Crippen LogP) is 5.49. The zero-order valence-corrected chi connectivity index (χ0v) is 17.2. The largest absolute Gasteiger partial charge is 0.465 e. The number of hydrogen-bond donors (Lipinski definition) is 1. The van der Waals surface area contributed by atoms with Crippen LogP contribution in [-0.2, 0) is 11.2 Å². The second-order valence-electron chi connectivity index (χ2n) is 6.43. The molecule has 0 radical (unpaired) electrons. The number of carbonyl (C=O) groups excluding carboxylic acids is 1. The fourth-order valence-electron chi connectivity index (χ4n) is 3.43. The van der Waals surface area contributed by atoms with E-state index in [4.69, 9.17) is 28.6 Å². The number of halogens is 1. The van der Waals surface area contributed by atoms with Crippen molar-refractivity contribution >= 4 is 67.7 Å². The highest BCUT2D eigenvalue weighted by molar-refractivity contribution is 7.80. The van der Waals surface area contributed by atoms with Crippen molar-refractivity contribution in [3.63, 3.8) is 0 Å². The van der Waals surface area contributed by atoms with Crippen LogP contribution < -0.4 is 10.2 Å². The summed E-state index contributed by atoms with van der Waals surface area (Å²) in [5.74, 6) is -0.422. The summed E-state index contributed by atoms with van der Waals surface area (Å²) in [4.78, 5) is 14.4. The van der Waals surface area contributed by atoms with E-state index >= 15 is 0 Å². The summed E-state index contributed by atoms with van der Waals surface area (Å²) in [6, 6.07) is 14.4. The highest BCUT2D eigenvalue weighted by Gasteiger charge is 2.28. The van der Waals surface area contributed by atoms with Gasteiger partial charge < -0.3 is 15.0 Å². The van der Waals surface area contributed by atoms with Crippen LogP contribution in [-0.4, -0.2) is 24.2 Å². The molecule has 2 aromatic carbocycles. The molecule has 0 aliphatic carbocycles. The molecule has 7 heteroatoms. The van der Waals surface area contributed by atoms with Crippen molar-refractivity contribution in [3.05, 3.63) is 57.9 Å². The van der Waals surface area contributed by atoms with Gasteiger partial charge in [0.05, 0.1) is 12.1 Å². The Bertz CT molecular complexity index is 1060. The molecule has 1 N–H and O–H groups in total. The maximum atomic E-state index is 11.9. The van der Waals surface area contributed by atoms with Crippen molar-refractivity contribution < 1.29 is 9.53 Å². The van der Waals surface area contributed by atoms with Crippen LogP contribution >= 0.6 is 35.2 Å². The molecule has 4 rings (SSSR count). The van der Waals surface area contributed by atoms with Gasteiger partial charge in [0.2, 0.25) is 0 Å². The Hall–Kier alpha value is -2.15. The number of rotatable bonds is 2. The van der Waals surface area contributed by atoms with E-state index in [1.807, 2.05) is 24.3 Å². The van der Waals surface area contributed by atoms with E-state index in [9.17, 15) is 4.79 Å². The summed E-state index contributed by atoms with van der Waals surface area (Å²) in [6.07, 6.45) is 0.972. The van der Waals surface area contributed by atoms with Crippen LogP contribution in [0.3, 0.4) is 0 Å².